The van der Waals surface area contributed by atoms with Gasteiger partial charge in [-0.15, -0.1) is 0 Å². The molecule has 9 heteroatoms. The van der Waals surface area contributed by atoms with Crippen LogP contribution in [0.5, 0.6) is 0 Å². The highest BCUT2D eigenvalue weighted by Gasteiger charge is 2.37. The zero-order valence-electron chi connectivity index (χ0n) is 24.5. The number of benzene rings is 1. The van der Waals surface area contributed by atoms with Crippen molar-refractivity contribution in [2.75, 3.05) is 6.54 Å². The number of ether oxygens (including phenoxy) is 1. The summed E-state index contributed by atoms with van der Waals surface area (Å²) in [5.41, 5.74) is 6.05. The summed E-state index contributed by atoms with van der Waals surface area (Å²) in [7, 11) is 0. The van der Waals surface area contributed by atoms with Gasteiger partial charge in [-0.05, 0) is 57.7 Å². The number of nitrogens with zero attached hydrogens (tertiary/aromatic N) is 1. The standard InChI is InChI=1S/C30H48N4O5/c1-8-11-12-13-18-34(28(37)24(20-25(31)35)33-29(38)39-30(5,6)7)26(27(36)32-21(4)15-9-2)23-17-14-16-22(10-3)19-23/h10,14,16-17,19,21,24,26H,3,8-9,11-13,15,18,20H2,1-2,4-7H3,(H2,31,35)(H,32,36)(H,33,38). The van der Waals surface area contributed by atoms with E-state index in [-0.39, 0.29) is 18.5 Å². The molecule has 3 atom stereocenters. The predicted molar refractivity (Wildman–Crippen MR) is 155 cm³/mol. The van der Waals surface area contributed by atoms with Crippen LogP contribution in [-0.2, 0) is 19.1 Å². The number of unbranched alkanes of at least 4 members (excludes halogenated alkanes) is 3. The van der Waals surface area contributed by atoms with Gasteiger partial charge in [0.2, 0.25) is 17.7 Å². The summed E-state index contributed by atoms with van der Waals surface area (Å²) in [5, 5.41) is 5.56. The van der Waals surface area contributed by atoms with Crippen molar-refractivity contribution < 1.29 is 23.9 Å². The van der Waals surface area contributed by atoms with E-state index in [4.69, 9.17) is 10.5 Å². The lowest BCUT2D eigenvalue weighted by Crippen LogP contribution is -2.54. The minimum atomic E-state index is -1.30. The van der Waals surface area contributed by atoms with Gasteiger partial charge in [0, 0.05) is 12.6 Å². The number of amides is 4. The molecule has 3 unspecified atom stereocenters. The Morgan fingerprint density at radius 1 is 1.08 bits per heavy atom. The normalized spacial score (nSPS) is 13.5. The van der Waals surface area contributed by atoms with Gasteiger partial charge in [-0.3, -0.25) is 14.4 Å². The smallest absolute Gasteiger partial charge is 0.408 e. The molecule has 0 saturated carbocycles. The molecule has 0 aliphatic heterocycles. The SMILES string of the molecule is C=Cc1cccc(C(C(=O)NC(C)CCC)N(CCCCCC)C(=O)C(CC(N)=O)NC(=O)OC(C)(C)C)c1. The molecule has 218 valence electrons. The first-order chi connectivity index (χ1) is 18.3. The summed E-state index contributed by atoms with van der Waals surface area (Å²) in [4.78, 5) is 53.9. The zero-order chi connectivity index (χ0) is 29.6. The Morgan fingerprint density at radius 3 is 2.33 bits per heavy atom. The minimum Gasteiger partial charge on any atom is -0.444 e. The molecule has 0 bridgehead atoms. The molecule has 0 aliphatic carbocycles. The van der Waals surface area contributed by atoms with Crippen molar-refractivity contribution in [1.29, 1.82) is 0 Å². The number of alkyl carbamates (subject to hydrolysis) is 1. The third-order valence-electron chi connectivity index (χ3n) is 6.06. The molecule has 4 amide bonds. The average Bonchev–Trinajstić information content (AvgIpc) is 2.83. The fraction of sp³-hybridized carbons (Fsp3) is 0.600. The molecule has 1 aromatic rings. The Morgan fingerprint density at radius 2 is 1.77 bits per heavy atom. The lowest BCUT2D eigenvalue weighted by Gasteiger charge is -2.35. The van der Waals surface area contributed by atoms with Crippen LogP contribution in [0.4, 0.5) is 4.79 Å². The fourth-order valence-corrected chi connectivity index (χ4v) is 4.28. The molecule has 0 radical (unpaired) electrons. The highest BCUT2D eigenvalue weighted by Crippen LogP contribution is 2.26. The third-order valence-corrected chi connectivity index (χ3v) is 6.06. The Labute approximate surface area is 233 Å². The molecule has 4 N–H and O–H groups in total. The summed E-state index contributed by atoms with van der Waals surface area (Å²) in [5.74, 6) is -1.68. The highest BCUT2D eigenvalue weighted by atomic mass is 16.6. The first kappa shape index (κ1) is 33.7. The van der Waals surface area contributed by atoms with E-state index in [1.54, 1.807) is 32.9 Å². The van der Waals surface area contributed by atoms with Gasteiger partial charge in [0.15, 0.2) is 0 Å². The molecule has 0 aliphatic rings. The minimum absolute atomic E-state index is 0.106. The third kappa shape index (κ3) is 12.4. The number of hydrogen-bond acceptors (Lipinski definition) is 5. The Hall–Kier alpha value is -3.36. The van der Waals surface area contributed by atoms with Crippen LogP contribution in [0.1, 0.15) is 104 Å². The molecule has 0 heterocycles. The van der Waals surface area contributed by atoms with Gasteiger partial charge in [-0.25, -0.2) is 4.79 Å². The molecule has 1 aromatic carbocycles. The van der Waals surface area contributed by atoms with E-state index < -0.39 is 42.0 Å². The Bertz CT molecular complexity index is 972. The number of carbonyl (C=O) groups is 4. The van der Waals surface area contributed by atoms with Gasteiger partial charge in [-0.1, -0.05) is 70.4 Å². The number of carbonyl (C=O) groups excluding carboxylic acids is 4. The summed E-state index contributed by atoms with van der Waals surface area (Å²) >= 11 is 0. The molecule has 0 aromatic heterocycles. The molecule has 0 fully saturated rings. The maximum atomic E-state index is 14.1. The molecular weight excluding hydrogens is 496 g/mol. The van der Waals surface area contributed by atoms with E-state index >= 15 is 0 Å². The van der Waals surface area contributed by atoms with Crippen LogP contribution in [0.25, 0.3) is 6.08 Å². The predicted octanol–water partition coefficient (Wildman–Crippen LogP) is 4.85. The number of nitrogens with two attached hydrogens (primary N) is 1. The number of primary amides is 1. The molecule has 0 saturated heterocycles. The van der Waals surface area contributed by atoms with Gasteiger partial charge in [0.05, 0.1) is 6.42 Å². The van der Waals surface area contributed by atoms with Gasteiger partial charge in [-0.2, -0.15) is 0 Å². The quantitative estimate of drug-likeness (QED) is 0.256. The number of nitrogens with one attached hydrogen (secondary N) is 2. The van der Waals surface area contributed by atoms with Crippen molar-refractivity contribution in [2.45, 2.75) is 110 Å². The summed E-state index contributed by atoms with van der Waals surface area (Å²) in [6.45, 7) is 15.2. The monoisotopic (exact) mass is 544 g/mol. The van der Waals surface area contributed by atoms with E-state index in [1.807, 2.05) is 32.0 Å². The van der Waals surface area contributed by atoms with E-state index in [1.165, 1.54) is 4.90 Å². The fourth-order valence-electron chi connectivity index (χ4n) is 4.28. The first-order valence-corrected chi connectivity index (χ1v) is 13.9. The van der Waals surface area contributed by atoms with Crippen molar-refractivity contribution in [2.24, 2.45) is 5.73 Å². The molecule has 0 spiro atoms. The van der Waals surface area contributed by atoms with Crippen molar-refractivity contribution in [3.63, 3.8) is 0 Å². The largest absolute Gasteiger partial charge is 0.444 e. The Kier molecular flexibility index (Phi) is 14.3. The van der Waals surface area contributed by atoms with E-state index in [2.05, 4.69) is 24.1 Å². The van der Waals surface area contributed by atoms with Gasteiger partial charge < -0.3 is 26.0 Å². The lowest BCUT2D eigenvalue weighted by molar-refractivity contribution is -0.143. The second-order valence-electron chi connectivity index (χ2n) is 10.9. The van der Waals surface area contributed by atoms with Gasteiger partial charge in [0.25, 0.3) is 0 Å². The second kappa shape index (κ2) is 16.6. The molecule has 39 heavy (non-hydrogen) atoms. The maximum absolute atomic E-state index is 14.1. The molecule has 9 nitrogen and oxygen atoms in total. The Balaban J connectivity index is 3.56. The highest BCUT2D eigenvalue weighted by molar-refractivity contribution is 5.94. The molecular formula is C30H48N4O5. The van der Waals surface area contributed by atoms with Crippen LogP contribution in [0, 0.1) is 0 Å². The van der Waals surface area contributed by atoms with E-state index in [0.717, 1.165) is 37.7 Å². The van der Waals surface area contributed by atoms with Crippen LogP contribution < -0.4 is 16.4 Å². The number of hydrogen-bond donors (Lipinski definition) is 3. The summed E-state index contributed by atoms with van der Waals surface area (Å²) in [6, 6.07) is 4.88. The first-order valence-electron chi connectivity index (χ1n) is 13.9. The average molecular weight is 545 g/mol. The molecule has 1 rings (SSSR count). The van der Waals surface area contributed by atoms with Gasteiger partial charge >= 0.3 is 6.09 Å². The zero-order valence-corrected chi connectivity index (χ0v) is 24.5. The number of rotatable bonds is 16. The summed E-state index contributed by atoms with van der Waals surface area (Å²) in [6.07, 6.45) is 5.52. The maximum Gasteiger partial charge on any atom is 0.408 e. The topological polar surface area (TPSA) is 131 Å². The second-order valence-corrected chi connectivity index (χ2v) is 10.9. The van der Waals surface area contributed by atoms with Crippen molar-refractivity contribution >= 4 is 29.9 Å². The van der Waals surface area contributed by atoms with E-state index in [0.29, 0.717) is 12.0 Å². The lowest BCUT2D eigenvalue weighted by atomic mass is 9.98. The van der Waals surface area contributed by atoms with E-state index in [9.17, 15) is 19.2 Å². The van der Waals surface area contributed by atoms with Crippen molar-refractivity contribution in [3.8, 4) is 0 Å². The van der Waals surface area contributed by atoms with Crippen LogP contribution in [0.15, 0.2) is 30.8 Å². The van der Waals surface area contributed by atoms with Crippen molar-refractivity contribution in [1.82, 2.24) is 15.5 Å². The summed E-state index contributed by atoms with van der Waals surface area (Å²) < 4.78 is 5.33. The van der Waals surface area contributed by atoms with Crippen molar-refractivity contribution in [3.05, 3.63) is 42.0 Å². The van der Waals surface area contributed by atoms with Crippen LogP contribution >= 0.6 is 0 Å². The van der Waals surface area contributed by atoms with Crippen LogP contribution in [-0.4, -0.2) is 52.9 Å². The van der Waals surface area contributed by atoms with Crippen LogP contribution in [0.2, 0.25) is 0 Å². The van der Waals surface area contributed by atoms with Gasteiger partial charge in [0.1, 0.15) is 17.7 Å². The van der Waals surface area contributed by atoms with Crippen LogP contribution in [0.3, 0.4) is 0 Å².